The van der Waals surface area contributed by atoms with Crippen LogP contribution in [0.3, 0.4) is 0 Å². The van der Waals surface area contributed by atoms with E-state index in [1.807, 2.05) is 36.4 Å². The van der Waals surface area contributed by atoms with E-state index in [0.717, 1.165) is 16.2 Å². The van der Waals surface area contributed by atoms with Gasteiger partial charge in [0.2, 0.25) is 0 Å². The smallest absolute Gasteiger partial charge is 0.343 e. The number of hydrogen-bond acceptors (Lipinski definition) is 6. The second kappa shape index (κ2) is 8.60. The van der Waals surface area contributed by atoms with Crippen LogP contribution in [-0.2, 0) is 0 Å². The first-order valence-corrected chi connectivity index (χ1v) is 10.5. The molecule has 0 fully saturated rings. The van der Waals surface area contributed by atoms with Crippen LogP contribution in [0.4, 0.5) is 0 Å². The Hall–Kier alpha value is -4.84. The molecule has 0 amide bonds. The van der Waals surface area contributed by atoms with E-state index < -0.39 is 11.9 Å². The van der Waals surface area contributed by atoms with Gasteiger partial charge in [0.15, 0.2) is 11.5 Å². The van der Waals surface area contributed by atoms with E-state index in [1.165, 1.54) is 48.5 Å². The number of benzene rings is 5. The standard InChI is InChI=1S/C28H18O6/c29-22-10-5-17(6-11-22)27(31)33-25-14-9-21-15-19-3-1-2-4-20(19)16-24(21)26(25)34-28(32)18-7-12-23(30)13-8-18/h1-16,29-30H. The van der Waals surface area contributed by atoms with Crippen molar-refractivity contribution in [1.29, 1.82) is 0 Å². The summed E-state index contributed by atoms with van der Waals surface area (Å²) in [5, 5.41) is 22.3. The van der Waals surface area contributed by atoms with E-state index in [2.05, 4.69) is 0 Å². The summed E-state index contributed by atoms with van der Waals surface area (Å²) in [4.78, 5) is 25.7. The first-order valence-electron chi connectivity index (χ1n) is 10.5. The van der Waals surface area contributed by atoms with Gasteiger partial charge in [-0.1, -0.05) is 30.3 Å². The predicted molar refractivity (Wildman–Crippen MR) is 128 cm³/mol. The number of rotatable bonds is 4. The third-order valence-corrected chi connectivity index (χ3v) is 5.40. The lowest BCUT2D eigenvalue weighted by Gasteiger charge is -2.14. The van der Waals surface area contributed by atoms with Crippen molar-refractivity contribution in [3.8, 4) is 23.0 Å². The van der Waals surface area contributed by atoms with Crippen LogP contribution in [0.5, 0.6) is 23.0 Å². The van der Waals surface area contributed by atoms with Crippen molar-refractivity contribution in [3.63, 3.8) is 0 Å². The van der Waals surface area contributed by atoms with Gasteiger partial charge in [-0.3, -0.25) is 0 Å². The minimum atomic E-state index is -0.665. The van der Waals surface area contributed by atoms with Crippen molar-refractivity contribution in [3.05, 3.63) is 108 Å². The molecule has 0 bridgehead atoms. The van der Waals surface area contributed by atoms with E-state index >= 15 is 0 Å². The van der Waals surface area contributed by atoms with Gasteiger partial charge >= 0.3 is 11.9 Å². The molecular formula is C28H18O6. The highest BCUT2D eigenvalue weighted by molar-refractivity contribution is 6.04. The van der Waals surface area contributed by atoms with Gasteiger partial charge in [0.25, 0.3) is 0 Å². The highest BCUT2D eigenvalue weighted by Crippen LogP contribution is 2.39. The van der Waals surface area contributed by atoms with Crippen LogP contribution in [0.2, 0.25) is 0 Å². The molecular weight excluding hydrogens is 432 g/mol. The van der Waals surface area contributed by atoms with Crippen molar-refractivity contribution < 1.29 is 29.3 Å². The van der Waals surface area contributed by atoms with Gasteiger partial charge in [0, 0.05) is 5.39 Å². The molecule has 0 radical (unpaired) electrons. The van der Waals surface area contributed by atoms with Crippen molar-refractivity contribution in [2.45, 2.75) is 0 Å². The van der Waals surface area contributed by atoms with Crippen molar-refractivity contribution >= 4 is 33.5 Å². The monoisotopic (exact) mass is 450 g/mol. The first-order chi connectivity index (χ1) is 16.5. The summed E-state index contributed by atoms with van der Waals surface area (Å²) in [6, 6.07) is 26.3. The van der Waals surface area contributed by atoms with Gasteiger partial charge in [0.05, 0.1) is 11.1 Å². The Balaban J connectivity index is 1.60. The zero-order chi connectivity index (χ0) is 23.7. The van der Waals surface area contributed by atoms with Gasteiger partial charge in [-0.25, -0.2) is 9.59 Å². The van der Waals surface area contributed by atoms with E-state index in [0.29, 0.717) is 5.39 Å². The molecule has 166 valence electrons. The summed E-state index contributed by atoms with van der Waals surface area (Å²) in [7, 11) is 0. The van der Waals surface area contributed by atoms with E-state index in [4.69, 9.17) is 9.47 Å². The maximum Gasteiger partial charge on any atom is 0.343 e. The van der Waals surface area contributed by atoms with E-state index in [1.54, 1.807) is 12.1 Å². The molecule has 0 saturated carbocycles. The molecule has 34 heavy (non-hydrogen) atoms. The number of ether oxygens (including phenoxy) is 2. The Morgan fingerprint density at radius 3 is 1.68 bits per heavy atom. The molecule has 0 aliphatic rings. The van der Waals surface area contributed by atoms with Gasteiger partial charge in [-0.2, -0.15) is 0 Å². The molecule has 5 aromatic rings. The maximum absolute atomic E-state index is 12.9. The number of fused-ring (bicyclic) bond motifs is 2. The third-order valence-electron chi connectivity index (χ3n) is 5.40. The molecule has 0 atom stereocenters. The molecule has 0 aliphatic heterocycles. The number of hydrogen-bond donors (Lipinski definition) is 2. The van der Waals surface area contributed by atoms with Crippen LogP contribution in [0, 0.1) is 0 Å². The largest absolute Gasteiger partial charge is 0.508 e. The summed E-state index contributed by atoms with van der Waals surface area (Å²) in [5.41, 5.74) is 0.457. The Labute approximate surface area is 194 Å². The molecule has 0 saturated heterocycles. The summed E-state index contributed by atoms with van der Waals surface area (Å²) in [6.45, 7) is 0. The minimum absolute atomic E-state index is 0.0247. The van der Waals surface area contributed by atoms with Crippen LogP contribution in [0.15, 0.2) is 97.1 Å². The summed E-state index contributed by atoms with van der Waals surface area (Å²) < 4.78 is 11.4. The molecule has 5 aromatic carbocycles. The number of esters is 2. The second-order valence-electron chi connectivity index (χ2n) is 7.69. The fraction of sp³-hybridized carbons (Fsp3) is 0. The lowest BCUT2D eigenvalue weighted by Crippen LogP contribution is -2.13. The SMILES string of the molecule is O=C(Oc1ccc2cc3ccccc3cc2c1OC(=O)c1ccc(O)cc1)c1ccc(O)cc1. The molecule has 0 unspecified atom stereocenters. The molecule has 0 spiro atoms. The Kier molecular flexibility index (Phi) is 5.32. The highest BCUT2D eigenvalue weighted by Gasteiger charge is 2.20. The first kappa shape index (κ1) is 21.0. The second-order valence-corrected chi connectivity index (χ2v) is 7.69. The van der Waals surface area contributed by atoms with Crippen molar-refractivity contribution in [2.75, 3.05) is 0 Å². The normalized spacial score (nSPS) is 10.8. The highest BCUT2D eigenvalue weighted by atomic mass is 16.6. The van der Waals surface area contributed by atoms with Gasteiger partial charge in [-0.05, 0) is 82.9 Å². The molecule has 6 heteroatoms. The topological polar surface area (TPSA) is 93.1 Å². The summed E-state index contributed by atoms with van der Waals surface area (Å²) in [5.74, 6) is -1.10. The minimum Gasteiger partial charge on any atom is -0.508 e. The lowest BCUT2D eigenvalue weighted by molar-refractivity contribution is 0.0684. The van der Waals surface area contributed by atoms with Gasteiger partial charge < -0.3 is 19.7 Å². The zero-order valence-corrected chi connectivity index (χ0v) is 17.8. The number of aromatic hydroxyl groups is 2. The average molecular weight is 450 g/mol. The zero-order valence-electron chi connectivity index (χ0n) is 17.8. The predicted octanol–water partition coefficient (Wildman–Crippen LogP) is 5.84. The van der Waals surface area contributed by atoms with E-state index in [-0.39, 0.29) is 34.1 Å². The lowest BCUT2D eigenvalue weighted by atomic mass is 10.0. The number of carbonyl (C=O) groups is 2. The Morgan fingerprint density at radius 2 is 1.09 bits per heavy atom. The van der Waals surface area contributed by atoms with Gasteiger partial charge in [0.1, 0.15) is 11.5 Å². The Bertz CT molecular complexity index is 1540. The Morgan fingerprint density at radius 1 is 0.559 bits per heavy atom. The molecule has 6 nitrogen and oxygen atoms in total. The molecule has 5 rings (SSSR count). The van der Waals surface area contributed by atoms with Crippen LogP contribution < -0.4 is 9.47 Å². The number of phenolic OH excluding ortho intramolecular Hbond substituents is 2. The maximum atomic E-state index is 12.9. The van der Waals surface area contributed by atoms with Crippen LogP contribution in [0.1, 0.15) is 20.7 Å². The van der Waals surface area contributed by atoms with Crippen LogP contribution in [-0.4, -0.2) is 22.2 Å². The number of carbonyl (C=O) groups excluding carboxylic acids is 2. The van der Waals surface area contributed by atoms with Crippen LogP contribution >= 0.6 is 0 Å². The van der Waals surface area contributed by atoms with Crippen LogP contribution in [0.25, 0.3) is 21.5 Å². The summed E-state index contributed by atoms with van der Waals surface area (Å²) in [6.07, 6.45) is 0. The molecule has 0 heterocycles. The fourth-order valence-corrected chi connectivity index (χ4v) is 3.66. The van der Waals surface area contributed by atoms with E-state index in [9.17, 15) is 19.8 Å². The summed E-state index contributed by atoms with van der Waals surface area (Å²) >= 11 is 0. The number of phenols is 2. The molecule has 0 aromatic heterocycles. The quantitative estimate of drug-likeness (QED) is 0.203. The van der Waals surface area contributed by atoms with Crippen molar-refractivity contribution in [1.82, 2.24) is 0 Å². The van der Waals surface area contributed by atoms with Gasteiger partial charge in [-0.15, -0.1) is 0 Å². The van der Waals surface area contributed by atoms with Crippen molar-refractivity contribution in [2.24, 2.45) is 0 Å². The average Bonchev–Trinajstić information content (AvgIpc) is 2.85. The fourth-order valence-electron chi connectivity index (χ4n) is 3.66. The molecule has 0 aliphatic carbocycles. The third kappa shape index (κ3) is 4.12. The molecule has 2 N–H and O–H groups in total.